The number of fused-ring (bicyclic) bond motifs is 1. The summed E-state index contributed by atoms with van der Waals surface area (Å²) in [5.74, 6) is 0. The zero-order chi connectivity index (χ0) is 14.8. The second-order valence-electron chi connectivity index (χ2n) is 6.02. The van der Waals surface area contributed by atoms with Crippen molar-refractivity contribution in [2.24, 2.45) is 0 Å². The molecule has 2 unspecified atom stereocenters. The van der Waals surface area contributed by atoms with Crippen LogP contribution in [0.2, 0.25) is 0 Å². The van der Waals surface area contributed by atoms with Gasteiger partial charge in [0.15, 0.2) is 0 Å². The quantitative estimate of drug-likeness (QED) is 0.598. The summed E-state index contributed by atoms with van der Waals surface area (Å²) in [4.78, 5) is 11.0. The monoisotopic (exact) mass is 291 g/mol. The number of hydrogen-bond acceptors (Lipinski definition) is 3. The van der Waals surface area contributed by atoms with Gasteiger partial charge in [0.05, 0.1) is 16.2 Å². The largest absolute Gasteiger partial charge is 0.361 e. The van der Waals surface area contributed by atoms with E-state index in [-0.39, 0.29) is 22.8 Å². The van der Waals surface area contributed by atoms with Crippen LogP contribution >= 0.6 is 0 Å². The van der Waals surface area contributed by atoms with E-state index in [9.17, 15) is 10.1 Å². The Morgan fingerprint density at radius 2 is 2.05 bits per heavy atom. The molecule has 2 aromatic rings. The lowest BCUT2D eigenvalue weighted by Gasteiger charge is -2.14. The van der Waals surface area contributed by atoms with Crippen LogP contribution in [-0.2, 0) is 4.74 Å². The van der Waals surface area contributed by atoms with Crippen LogP contribution in [0.15, 0.2) is 30.3 Å². The van der Waals surface area contributed by atoms with Gasteiger partial charge in [-0.15, -0.1) is 0 Å². The fourth-order valence-corrected chi connectivity index (χ4v) is 4.04. The summed E-state index contributed by atoms with van der Waals surface area (Å²) in [6.07, 6.45) is 6.18. The molecule has 2 aliphatic carbocycles. The lowest BCUT2D eigenvalue weighted by Crippen LogP contribution is -2.19. The highest BCUT2D eigenvalue weighted by Gasteiger charge is 2.35. The topological polar surface area (TPSA) is 52.4 Å². The fourth-order valence-electron chi connectivity index (χ4n) is 4.04. The Bertz CT molecular complexity index is 1050. The van der Waals surface area contributed by atoms with Crippen molar-refractivity contribution in [1.29, 1.82) is 0 Å². The first-order valence-electron chi connectivity index (χ1n) is 7.52. The van der Waals surface area contributed by atoms with E-state index in [4.69, 9.17) is 4.74 Å². The summed E-state index contributed by atoms with van der Waals surface area (Å²) < 4.78 is 6.19. The lowest BCUT2D eigenvalue weighted by molar-refractivity contribution is -0.386. The summed E-state index contributed by atoms with van der Waals surface area (Å²) in [5, 5.41) is 15.3. The zero-order valence-corrected chi connectivity index (χ0v) is 11.8. The number of non-ortho nitro benzene ring substituents is 1. The molecule has 108 valence electrons. The van der Waals surface area contributed by atoms with Crippen molar-refractivity contribution in [2.75, 3.05) is 0 Å². The summed E-state index contributed by atoms with van der Waals surface area (Å²) in [6, 6.07) is 9.50. The first-order valence-corrected chi connectivity index (χ1v) is 7.52. The molecule has 0 radical (unpaired) electrons. The van der Waals surface area contributed by atoms with Gasteiger partial charge in [0, 0.05) is 6.07 Å². The molecule has 0 saturated carbocycles. The molecule has 0 aromatic heterocycles. The van der Waals surface area contributed by atoms with Crippen molar-refractivity contribution >= 4 is 17.8 Å². The minimum Gasteiger partial charge on any atom is -0.361 e. The molecule has 0 spiro atoms. The summed E-state index contributed by atoms with van der Waals surface area (Å²) in [6.45, 7) is 0. The third kappa shape index (κ3) is 1.40. The number of nitro groups is 1. The molecular formula is C18H13NO3. The Morgan fingerprint density at radius 1 is 1.14 bits per heavy atom. The Balaban J connectivity index is 2.03. The molecule has 0 N–H and O–H groups in total. The van der Waals surface area contributed by atoms with Crippen LogP contribution in [0.1, 0.15) is 36.2 Å². The third-order valence-electron chi connectivity index (χ3n) is 4.92. The molecule has 0 fully saturated rings. The molecule has 0 bridgehead atoms. The first kappa shape index (κ1) is 12.1. The molecule has 5 rings (SSSR count). The SMILES string of the molecule is O=[N+]([O-])c1cccc2c1=CC1OC3CCC=c4ccc=2c1c43. The third-order valence-corrected chi connectivity index (χ3v) is 4.92. The average Bonchev–Trinajstić information content (AvgIpc) is 2.90. The Labute approximate surface area is 125 Å². The van der Waals surface area contributed by atoms with Crippen LogP contribution in [0.4, 0.5) is 5.69 Å². The average molecular weight is 291 g/mol. The van der Waals surface area contributed by atoms with Gasteiger partial charge in [-0.1, -0.05) is 30.3 Å². The summed E-state index contributed by atoms with van der Waals surface area (Å²) in [7, 11) is 0. The second-order valence-corrected chi connectivity index (χ2v) is 6.02. The summed E-state index contributed by atoms with van der Waals surface area (Å²) in [5.41, 5.74) is 2.66. The van der Waals surface area contributed by atoms with Gasteiger partial charge in [-0.2, -0.15) is 0 Å². The van der Waals surface area contributed by atoms with Crippen molar-refractivity contribution in [2.45, 2.75) is 25.0 Å². The van der Waals surface area contributed by atoms with Gasteiger partial charge in [0.2, 0.25) is 0 Å². The fraction of sp³-hybridized carbons (Fsp3) is 0.222. The number of rotatable bonds is 1. The number of nitrogens with zero attached hydrogens (tertiary/aromatic N) is 1. The Kier molecular flexibility index (Phi) is 2.23. The minimum absolute atomic E-state index is 0.129. The highest BCUT2D eigenvalue weighted by Crippen LogP contribution is 2.43. The van der Waals surface area contributed by atoms with Gasteiger partial charge in [-0.3, -0.25) is 10.1 Å². The highest BCUT2D eigenvalue weighted by atomic mass is 16.6. The number of nitro benzene ring substituents is 1. The molecular weight excluding hydrogens is 278 g/mol. The predicted octanol–water partition coefficient (Wildman–Crippen LogP) is 2.36. The van der Waals surface area contributed by atoms with E-state index in [0.29, 0.717) is 5.22 Å². The van der Waals surface area contributed by atoms with Crippen LogP contribution in [0.3, 0.4) is 0 Å². The van der Waals surface area contributed by atoms with E-state index in [1.165, 1.54) is 16.3 Å². The van der Waals surface area contributed by atoms with Crippen LogP contribution in [-0.4, -0.2) is 4.92 Å². The standard InChI is InChI=1S/C18H13NO3/c20-19(21)14-5-2-4-11-12-8-7-10-3-1-6-15-17(10)18(12)16(22-15)9-13(11)14/h2-5,7-9,15-16H,1,6H2. The minimum atomic E-state index is -0.312. The molecule has 4 heteroatoms. The first-order chi connectivity index (χ1) is 10.7. The predicted molar refractivity (Wildman–Crippen MR) is 81.2 cm³/mol. The molecule has 22 heavy (non-hydrogen) atoms. The van der Waals surface area contributed by atoms with E-state index in [2.05, 4.69) is 18.2 Å². The van der Waals surface area contributed by atoms with Gasteiger partial charge in [-0.05, 0) is 45.7 Å². The maximum absolute atomic E-state index is 11.3. The highest BCUT2D eigenvalue weighted by molar-refractivity contribution is 5.56. The van der Waals surface area contributed by atoms with Crippen molar-refractivity contribution in [1.82, 2.24) is 0 Å². The molecule has 0 amide bonds. The van der Waals surface area contributed by atoms with Crippen molar-refractivity contribution in [3.8, 4) is 0 Å². The van der Waals surface area contributed by atoms with Crippen LogP contribution < -0.4 is 10.4 Å². The molecule has 2 atom stereocenters. The smallest absolute Gasteiger partial charge is 0.276 e. The summed E-state index contributed by atoms with van der Waals surface area (Å²) >= 11 is 0. The van der Waals surface area contributed by atoms with E-state index in [1.807, 2.05) is 12.1 Å². The van der Waals surface area contributed by atoms with Crippen molar-refractivity contribution < 1.29 is 9.66 Å². The van der Waals surface area contributed by atoms with Gasteiger partial charge >= 0.3 is 0 Å². The molecule has 2 aromatic carbocycles. The van der Waals surface area contributed by atoms with E-state index < -0.39 is 0 Å². The zero-order valence-electron chi connectivity index (χ0n) is 11.8. The van der Waals surface area contributed by atoms with Crippen LogP contribution in [0.25, 0.3) is 12.2 Å². The van der Waals surface area contributed by atoms with E-state index in [0.717, 1.165) is 23.3 Å². The second kappa shape index (κ2) is 4.05. The number of hydrogen-bond donors (Lipinski definition) is 0. The number of benzene rings is 2. The van der Waals surface area contributed by atoms with Gasteiger partial charge in [0.25, 0.3) is 5.69 Å². The van der Waals surface area contributed by atoms with Gasteiger partial charge in [0.1, 0.15) is 6.10 Å². The van der Waals surface area contributed by atoms with Crippen LogP contribution in [0.5, 0.6) is 0 Å². The normalized spacial score (nSPS) is 23.1. The van der Waals surface area contributed by atoms with Crippen LogP contribution in [0, 0.1) is 20.6 Å². The Hall–Kier alpha value is -2.46. The van der Waals surface area contributed by atoms with E-state index >= 15 is 0 Å². The lowest BCUT2D eigenvalue weighted by atomic mass is 9.89. The molecule has 0 saturated heterocycles. The van der Waals surface area contributed by atoms with Crippen molar-refractivity contribution in [3.63, 3.8) is 0 Å². The van der Waals surface area contributed by atoms with Gasteiger partial charge < -0.3 is 4.74 Å². The molecule has 3 aliphatic rings. The maximum Gasteiger partial charge on any atom is 0.276 e. The van der Waals surface area contributed by atoms with Crippen molar-refractivity contribution in [3.05, 3.63) is 72.4 Å². The molecule has 1 aliphatic heterocycles. The Morgan fingerprint density at radius 3 is 2.91 bits per heavy atom. The number of ether oxygens (including phenoxy) is 1. The van der Waals surface area contributed by atoms with E-state index in [1.54, 1.807) is 12.1 Å². The maximum atomic E-state index is 11.3. The molecule has 1 heterocycles. The molecule has 4 nitrogen and oxygen atoms in total. The van der Waals surface area contributed by atoms with Gasteiger partial charge in [-0.25, -0.2) is 0 Å².